The summed E-state index contributed by atoms with van der Waals surface area (Å²) in [4.78, 5) is 24.4. The lowest BCUT2D eigenvalue weighted by Gasteiger charge is -2.01. The van der Waals surface area contributed by atoms with Gasteiger partial charge in [0.05, 0.1) is 23.1 Å². The minimum atomic E-state index is -0.232. The van der Waals surface area contributed by atoms with Gasteiger partial charge in [0.2, 0.25) is 0 Å². The second-order valence-electron chi connectivity index (χ2n) is 3.33. The van der Waals surface area contributed by atoms with E-state index in [0.29, 0.717) is 16.4 Å². The van der Waals surface area contributed by atoms with Crippen LogP contribution in [0.25, 0.3) is 0 Å². The van der Waals surface area contributed by atoms with Crippen LogP contribution in [0, 0.1) is 13.8 Å². The van der Waals surface area contributed by atoms with Gasteiger partial charge in [-0.15, -0.1) is 11.3 Å². The van der Waals surface area contributed by atoms with Gasteiger partial charge >= 0.3 is 0 Å². The van der Waals surface area contributed by atoms with E-state index in [-0.39, 0.29) is 11.1 Å². The standard InChI is InChI=1S/C10H9ClN4OS/c1-5-9(17-6(2)14-5)10(16)15-8-4-12-7(11)3-13-8/h3-4H,1-2H3,(H,13,15,16). The lowest BCUT2D eigenvalue weighted by molar-refractivity contribution is 0.102. The lowest BCUT2D eigenvalue weighted by Crippen LogP contribution is -2.12. The van der Waals surface area contributed by atoms with Gasteiger partial charge in [0.15, 0.2) is 5.82 Å². The van der Waals surface area contributed by atoms with Crippen molar-refractivity contribution in [3.63, 3.8) is 0 Å². The molecule has 2 heterocycles. The summed E-state index contributed by atoms with van der Waals surface area (Å²) in [6, 6.07) is 0. The monoisotopic (exact) mass is 268 g/mol. The summed E-state index contributed by atoms with van der Waals surface area (Å²) in [7, 11) is 0. The van der Waals surface area contributed by atoms with E-state index in [1.165, 1.54) is 23.7 Å². The molecule has 7 heteroatoms. The Morgan fingerprint density at radius 3 is 2.65 bits per heavy atom. The smallest absolute Gasteiger partial charge is 0.268 e. The molecule has 2 rings (SSSR count). The first-order chi connectivity index (χ1) is 8.06. The van der Waals surface area contributed by atoms with Crippen LogP contribution in [-0.2, 0) is 0 Å². The van der Waals surface area contributed by atoms with Crippen LogP contribution >= 0.6 is 22.9 Å². The highest BCUT2D eigenvalue weighted by atomic mass is 35.5. The summed E-state index contributed by atoms with van der Waals surface area (Å²) < 4.78 is 0. The van der Waals surface area contributed by atoms with Crippen molar-refractivity contribution in [3.8, 4) is 0 Å². The van der Waals surface area contributed by atoms with Crippen LogP contribution in [0.1, 0.15) is 20.4 Å². The molecule has 0 aliphatic rings. The van der Waals surface area contributed by atoms with Gasteiger partial charge in [0.25, 0.3) is 5.91 Å². The Kier molecular flexibility index (Phi) is 3.35. The molecule has 0 spiro atoms. The van der Waals surface area contributed by atoms with E-state index in [9.17, 15) is 4.79 Å². The maximum Gasteiger partial charge on any atom is 0.268 e. The third-order valence-corrected chi connectivity index (χ3v) is 3.24. The van der Waals surface area contributed by atoms with Crippen molar-refractivity contribution >= 4 is 34.7 Å². The van der Waals surface area contributed by atoms with Gasteiger partial charge in [0.1, 0.15) is 10.0 Å². The summed E-state index contributed by atoms with van der Waals surface area (Å²) in [6.45, 7) is 3.66. The molecule has 0 saturated heterocycles. The number of hydrogen-bond acceptors (Lipinski definition) is 5. The number of nitrogens with zero attached hydrogens (tertiary/aromatic N) is 3. The number of carbonyl (C=O) groups excluding carboxylic acids is 1. The second kappa shape index (κ2) is 4.77. The Morgan fingerprint density at radius 1 is 1.35 bits per heavy atom. The van der Waals surface area contributed by atoms with E-state index in [0.717, 1.165) is 5.01 Å². The highest BCUT2D eigenvalue weighted by molar-refractivity contribution is 7.13. The van der Waals surface area contributed by atoms with E-state index in [1.54, 1.807) is 6.92 Å². The molecule has 0 radical (unpaired) electrons. The molecule has 0 aromatic carbocycles. The van der Waals surface area contributed by atoms with Crippen molar-refractivity contribution in [3.05, 3.63) is 33.1 Å². The van der Waals surface area contributed by atoms with E-state index in [4.69, 9.17) is 11.6 Å². The summed E-state index contributed by atoms with van der Waals surface area (Å²) in [6.07, 6.45) is 2.78. The second-order valence-corrected chi connectivity index (χ2v) is 4.92. The van der Waals surface area contributed by atoms with E-state index >= 15 is 0 Å². The van der Waals surface area contributed by atoms with Crippen molar-refractivity contribution in [2.45, 2.75) is 13.8 Å². The highest BCUT2D eigenvalue weighted by Gasteiger charge is 2.14. The molecule has 2 aromatic heterocycles. The van der Waals surface area contributed by atoms with Gasteiger partial charge in [-0.1, -0.05) is 11.6 Å². The SMILES string of the molecule is Cc1nc(C)c(C(=O)Nc2cnc(Cl)cn2)s1. The molecule has 0 unspecified atom stereocenters. The molecular formula is C10H9ClN4OS. The Bertz CT molecular complexity index is 552. The summed E-state index contributed by atoms with van der Waals surface area (Å²) in [5, 5.41) is 3.78. The number of thiazole rings is 1. The Labute approximate surface area is 107 Å². The molecule has 5 nitrogen and oxygen atoms in total. The average Bonchev–Trinajstić information content (AvgIpc) is 2.61. The predicted molar refractivity (Wildman–Crippen MR) is 66.6 cm³/mol. The molecule has 2 aromatic rings. The maximum absolute atomic E-state index is 11.9. The first kappa shape index (κ1) is 11.9. The summed E-state index contributed by atoms with van der Waals surface area (Å²) in [5.41, 5.74) is 0.715. The van der Waals surface area contributed by atoms with Crippen LogP contribution in [0.3, 0.4) is 0 Å². The average molecular weight is 269 g/mol. The van der Waals surface area contributed by atoms with Gasteiger partial charge in [0, 0.05) is 0 Å². The van der Waals surface area contributed by atoms with E-state index in [2.05, 4.69) is 20.3 Å². The first-order valence-corrected chi connectivity index (χ1v) is 5.98. The Morgan fingerprint density at radius 2 is 2.12 bits per heavy atom. The summed E-state index contributed by atoms with van der Waals surface area (Å²) in [5.74, 6) is 0.134. The lowest BCUT2D eigenvalue weighted by atomic mass is 10.4. The number of aromatic nitrogens is 3. The molecule has 0 saturated carbocycles. The van der Waals surface area contributed by atoms with Crippen LogP contribution in [-0.4, -0.2) is 20.9 Å². The molecule has 1 amide bonds. The minimum Gasteiger partial charge on any atom is -0.305 e. The fourth-order valence-corrected chi connectivity index (χ4v) is 2.20. The quantitative estimate of drug-likeness (QED) is 0.908. The third kappa shape index (κ3) is 2.78. The zero-order valence-corrected chi connectivity index (χ0v) is 10.8. The number of rotatable bonds is 2. The van der Waals surface area contributed by atoms with Gasteiger partial charge in [-0.2, -0.15) is 0 Å². The molecular weight excluding hydrogens is 260 g/mol. The normalized spacial score (nSPS) is 10.3. The number of nitrogens with one attached hydrogen (secondary N) is 1. The van der Waals surface area contributed by atoms with Crippen molar-refractivity contribution in [2.75, 3.05) is 5.32 Å². The van der Waals surface area contributed by atoms with Crippen LogP contribution in [0.4, 0.5) is 5.82 Å². The number of amides is 1. The number of anilines is 1. The largest absolute Gasteiger partial charge is 0.305 e. The van der Waals surface area contributed by atoms with Crippen molar-refractivity contribution in [2.24, 2.45) is 0 Å². The van der Waals surface area contributed by atoms with E-state index < -0.39 is 0 Å². The van der Waals surface area contributed by atoms with Crippen LogP contribution in [0.2, 0.25) is 5.15 Å². The van der Waals surface area contributed by atoms with Crippen LogP contribution in [0.5, 0.6) is 0 Å². The Hall–Kier alpha value is -1.53. The van der Waals surface area contributed by atoms with Gasteiger partial charge in [-0.25, -0.2) is 15.0 Å². The topological polar surface area (TPSA) is 67.8 Å². The first-order valence-electron chi connectivity index (χ1n) is 4.79. The maximum atomic E-state index is 11.9. The number of hydrogen-bond donors (Lipinski definition) is 1. The van der Waals surface area contributed by atoms with Gasteiger partial charge in [-0.3, -0.25) is 4.79 Å². The van der Waals surface area contributed by atoms with Crippen molar-refractivity contribution in [1.82, 2.24) is 15.0 Å². The molecule has 0 aliphatic carbocycles. The fourth-order valence-electron chi connectivity index (χ4n) is 1.29. The summed E-state index contributed by atoms with van der Waals surface area (Å²) >= 11 is 6.95. The minimum absolute atomic E-state index is 0.232. The van der Waals surface area contributed by atoms with E-state index in [1.807, 2.05) is 6.92 Å². The van der Waals surface area contributed by atoms with Crippen LogP contribution < -0.4 is 5.32 Å². The number of carbonyl (C=O) groups is 1. The predicted octanol–water partition coefficient (Wildman–Crippen LogP) is 2.46. The molecule has 88 valence electrons. The fraction of sp³-hybridized carbons (Fsp3) is 0.200. The van der Waals surface area contributed by atoms with Crippen LogP contribution in [0.15, 0.2) is 12.4 Å². The molecule has 1 N–H and O–H groups in total. The zero-order chi connectivity index (χ0) is 12.4. The van der Waals surface area contributed by atoms with Gasteiger partial charge < -0.3 is 5.32 Å². The number of halogens is 1. The van der Waals surface area contributed by atoms with Crippen molar-refractivity contribution < 1.29 is 4.79 Å². The third-order valence-electron chi connectivity index (χ3n) is 1.97. The highest BCUT2D eigenvalue weighted by Crippen LogP contribution is 2.18. The Balaban J connectivity index is 2.17. The molecule has 0 bridgehead atoms. The zero-order valence-electron chi connectivity index (χ0n) is 9.19. The molecule has 0 fully saturated rings. The molecule has 0 aliphatic heterocycles. The molecule has 17 heavy (non-hydrogen) atoms. The van der Waals surface area contributed by atoms with Crippen molar-refractivity contribution in [1.29, 1.82) is 0 Å². The molecule has 0 atom stereocenters. The number of aryl methyl sites for hydroxylation is 2. The van der Waals surface area contributed by atoms with Gasteiger partial charge in [-0.05, 0) is 13.8 Å².